The molecule has 0 aliphatic rings. The zero-order valence-electron chi connectivity index (χ0n) is 11.1. The summed E-state index contributed by atoms with van der Waals surface area (Å²) < 4.78 is 1.09. The number of aryl methyl sites for hydroxylation is 1. The predicted molar refractivity (Wildman–Crippen MR) is 85.2 cm³/mol. The van der Waals surface area contributed by atoms with E-state index in [0.717, 1.165) is 15.7 Å². The van der Waals surface area contributed by atoms with Gasteiger partial charge in [-0.2, -0.15) is 0 Å². The molecule has 0 radical (unpaired) electrons. The number of oxime groups is 1. The molecule has 2 rings (SSSR count). The highest BCUT2D eigenvalue weighted by molar-refractivity contribution is 9.10. The average molecular weight is 334 g/mol. The highest BCUT2D eigenvalue weighted by Crippen LogP contribution is 2.21. The third-order valence-corrected chi connectivity index (χ3v) is 3.88. The quantitative estimate of drug-likeness (QED) is 0.347. The summed E-state index contributed by atoms with van der Waals surface area (Å²) in [5.74, 6) is 0.118. The van der Waals surface area contributed by atoms with Gasteiger partial charge in [-0.1, -0.05) is 51.4 Å². The molecule has 0 bridgehead atoms. The lowest BCUT2D eigenvalue weighted by atomic mass is 10.1. The lowest BCUT2D eigenvalue weighted by molar-refractivity contribution is 0.318. The van der Waals surface area contributed by atoms with Crippen molar-refractivity contribution in [1.82, 2.24) is 0 Å². The number of nitrogens with one attached hydrogen (secondary N) is 1. The van der Waals surface area contributed by atoms with Gasteiger partial charge in [-0.05, 0) is 30.2 Å². The zero-order valence-corrected chi connectivity index (χ0v) is 12.7. The molecule has 4 nitrogen and oxygen atoms in total. The van der Waals surface area contributed by atoms with Crippen molar-refractivity contribution in [2.45, 2.75) is 13.5 Å². The number of hydrogen-bond acceptors (Lipinski definition) is 3. The molecule has 0 aliphatic heterocycles. The number of benzene rings is 2. The van der Waals surface area contributed by atoms with Crippen LogP contribution >= 0.6 is 15.9 Å². The molecule has 0 aromatic heterocycles. The molecule has 0 spiro atoms. The van der Waals surface area contributed by atoms with Gasteiger partial charge in [0.25, 0.3) is 0 Å². The minimum Gasteiger partial charge on any atom is -0.409 e. The van der Waals surface area contributed by atoms with Gasteiger partial charge in [-0.15, -0.1) is 0 Å². The topological polar surface area (TPSA) is 70.6 Å². The van der Waals surface area contributed by atoms with Crippen LogP contribution in [0.5, 0.6) is 0 Å². The van der Waals surface area contributed by atoms with Gasteiger partial charge in [-0.3, -0.25) is 0 Å². The third kappa shape index (κ3) is 3.51. The van der Waals surface area contributed by atoms with Crippen LogP contribution in [-0.4, -0.2) is 11.0 Å². The van der Waals surface area contributed by atoms with Gasteiger partial charge in [0.05, 0.1) is 0 Å². The van der Waals surface area contributed by atoms with Crippen molar-refractivity contribution in [1.29, 1.82) is 0 Å². The van der Waals surface area contributed by atoms with E-state index in [-0.39, 0.29) is 5.84 Å². The maximum Gasteiger partial charge on any atom is 0.170 e. The fourth-order valence-electron chi connectivity index (χ4n) is 1.76. The second-order valence-corrected chi connectivity index (χ2v) is 5.35. The Hall–Kier alpha value is -2.01. The van der Waals surface area contributed by atoms with Crippen molar-refractivity contribution in [3.8, 4) is 0 Å². The molecule has 0 amide bonds. The number of amidine groups is 1. The van der Waals surface area contributed by atoms with Gasteiger partial charge in [0.2, 0.25) is 0 Å². The Morgan fingerprint density at radius 1 is 1.25 bits per heavy atom. The van der Waals surface area contributed by atoms with Crippen molar-refractivity contribution in [2.75, 3.05) is 5.32 Å². The highest BCUT2D eigenvalue weighted by atomic mass is 79.9. The lowest BCUT2D eigenvalue weighted by Crippen LogP contribution is -2.13. The van der Waals surface area contributed by atoms with E-state index in [2.05, 4.69) is 45.5 Å². The summed E-state index contributed by atoms with van der Waals surface area (Å²) in [5, 5.41) is 14.9. The molecule has 4 N–H and O–H groups in total. The minimum absolute atomic E-state index is 0.118. The van der Waals surface area contributed by atoms with E-state index in [1.165, 1.54) is 5.56 Å². The summed E-state index contributed by atoms with van der Waals surface area (Å²) >= 11 is 3.51. The summed E-state index contributed by atoms with van der Waals surface area (Å²) in [6, 6.07) is 13.7. The van der Waals surface area contributed by atoms with E-state index in [4.69, 9.17) is 10.9 Å². The number of anilines is 1. The molecular weight excluding hydrogens is 318 g/mol. The van der Waals surface area contributed by atoms with Crippen molar-refractivity contribution in [2.24, 2.45) is 10.9 Å². The fraction of sp³-hybridized carbons (Fsp3) is 0.133. The predicted octanol–water partition coefficient (Wildman–Crippen LogP) is 3.46. The Morgan fingerprint density at radius 3 is 2.55 bits per heavy atom. The first kappa shape index (κ1) is 14.4. The van der Waals surface area contributed by atoms with E-state index in [1.807, 2.05) is 30.3 Å². The number of rotatable bonds is 4. The van der Waals surface area contributed by atoms with Crippen molar-refractivity contribution >= 4 is 27.5 Å². The normalized spacial score (nSPS) is 11.4. The molecular formula is C15H16BrN3O. The summed E-state index contributed by atoms with van der Waals surface area (Å²) in [6.45, 7) is 2.77. The molecule has 2 aromatic rings. The monoisotopic (exact) mass is 333 g/mol. The van der Waals surface area contributed by atoms with Crippen LogP contribution in [0.15, 0.2) is 52.1 Å². The Labute approximate surface area is 126 Å². The van der Waals surface area contributed by atoms with E-state index in [9.17, 15) is 0 Å². The number of hydrogen-bond donors (Lipinski definition) is 3. The molecule has 0 fully saturated rings. The molecule has 5 heteroatoms. The van der Waals surface area contributed by atoms with Crippen LogP contribution in [-0.2, 0) is 6.54 Å². The molecule has 0 aliphatic carbocycles. The maximum absolute atomic E-state index is 8.60. The van der Waals surface area contributed by atoms with Gasteiger partial charge in [0.1, 0.15) is 0 Å². The first-order valence-electron chi connectivity index (χ1n) is 6.17. The number of halogens is 1. The average Bonchev–Trinajstić information content (AvgIpc) is 2.48. The Morgan fingerprint density at radius 2 is 1.95 bits per heavy atom. The third-order valence-electron chi connectivity index (χ3n) is 3.03. The fourth-order valence-corrected chi connectivity index (χ4v) is 2.14. The van der Waals surface area contributed by atoms with E-state index in [1.54, 1.807) is 0 Å². The van der Waals surface area contributed by atoms with E-state index < -0.39 is 0 Å². The van der Waals surface area contributed by atoms with Crippen LogP contribution in [0.25, 0.3) is 0 Å². The van der Waals surface area contributed by atoms with Gasteiger partial charge in [0.15, 0.2) is 5.84 Å². The molecule has 0 heterocycles. The van der Waals surface area contributed by atoms with Crippen LogP contribution in [0.3, 0.4) is 0 Å². The van der Waals surface area contributed by atoms with Crippen LogP contribution in [0.2, 0.25) is 0 Å². The number of nitrogens with two attached hydrogens (primary N) is 1. The second-order valence-electron chi connectivity index (χ2n) is 4.50. The van der Waals surface area contributed by atoms with Crippen molar-refractivity contribution in [3.05, 3.63) is 63.6 Å². The highest BCUT2D eigenvalue weighted by Gasteiger charge is 2.00. The van der Waals surface area contributed by atoms with Crippen LogP contribution < -0.4 is 11.1 Å². The maximum atomic E-state index is 8.60. The van der Waals surface area contributed by atoms with Crippen LogP contribution in [0.1, 0.15) is 16.7 Å². The minimum atomic E-state index is 0.118. The molecule has 2 aromatic carbocycles. The van der Waals surface area contributed by atoms with Crippen molar-refractivity contribution < 1.29 is 5.21 Å². The van der Waals surface area contributed by atoms with E-state index in [0.29, 0.717) is 12.1 Å². The largest absolute Gasteiger partial charge is 0.409 e. The zero-order chi connectivity index (χ0) is 14.5. The lowest BCUT2D eigenvalue weighted by Gasteiger charge is -2.08. The van der Waals surface area contributed by atoms with Gasteiger partial charge < -0.3 is 16.3 Å². The van der Waals surface area contributed by atoms with Crippen molar-refractivity contribution in [3.63, 3.8) is 0 Å². The summed E-state index contributed by atoms with van der Waals surface area (Å²) in [6.07, 6.45) is 0. The number of nitrogens with zero attached hydrogens (tertiary/aromatic N) is 1. The van der Waals surface area contributed by atoms with E-state index >= 15 is 0 Å². The molecule has 20 heavy (non-hydrogen) atoms. The summed E-state index contributed by atoms with van der Waals surface area (Å²) in [5.41, 5.74) is 9.61. The van der Waals surface area contributed by atoms with Gasteiger partial charge in [-0.25, -0.2) is 0 Å². The summed E-state index contributed by atoms with van der Waals surface area (Å²) in [7, 11) is 0. The van der Waals surface area contributed by atoms with Crippen LogP contribution in [0, 0.1) is 6.92 Å². The van der Waals surface area contributed by atoms with Gasteiger partial charge in [0, 0.05) is 22.3 Å². The first-order valence-corrected chi connectivity index (χ1v) is 6.96. The van der Waals surface area contributed by atoms with Gasteiger partial charge >= 0.3 is 0 Å². The standard InChI is InChI=1S/C15H16BrN3O/c1-10-2-7-13(8-14(10)16)18-9-11-3-5-12(6-4-11)15(17)19-20/h2-8,18,20H,9H2,1H3,(H2,17,19). The second kappa shape index (κ2) is 6.43. The smallest absolute Gasteiger partial charge is 0.170 e. The SMILES string of the molecule is Cc1ccc(NCc2ccc(C(N)=NO)cc2)cc1Br. The Kier molecular flexibility index (Phi) is 4.63. The Balaban J connectivity index is 2.02. The molecule has 0 unspecified atom stereocenters. The molecule has 0 saturated carbocycles. The molecule has 0 saturated heterocycles. The first-order chi connectivity index (χ1) is 9.60. The molecule has 0 atom stereocenters. The van der Waals surface area contributed by atoms with Crippen LogP contribution in [0.4, 0.5) is 5.69 Å². The molecule has 104 valence electrons. The summed E-state index contributed by atoms with van der Waals surface area (Å²) in [4.78, 5) is 0. The Bertz CT molecular complexity index is 624.